The highest BCUT2D eigenvalue weighted by atomic mass is 32.2. The zero-order valence-electron chi connectivity index (χ0n) is 5.03. The topological polar surface area (TPSA) is 80.9 Å². The number of hydrogen-bond acceptors (Lipinski definition) is 5. The van der Waals surface area contributed by atoms with E-state index in [4.69, 9.17) is 20.7 Å². The van der Waals surface area contributed by atoms with Crippen LogP contribution in [0.3, 0.4) is 0 Å². The van der Waals surface area contributed by atoms with Crippen molar-refractivity contribution in [3.8, 4) is 0 Å². The normalized spacial score (nSPS) is 8.00. The van der Waals surface area contributed by atoms with Gasteiger partial charge in [0.25, 0.3) is 0 Å². The van der Waals surface area contributed by atoms with Crippen LogP contribution in [0, 0.1) is 0 Å². The average molecular weight is 156 g/mol. The van der Waals surface area contributed by atoms with Crippen LogP contribution in [0.5, 0.6) is 0 Å². The molecule has 9 heavy (non-hydrogen) atoms. The summed E-state index contributed by atoms with van der Waals surface area (Å²) in [6.45, 7) is 0.426. The molecule has 0 unspecified atom stereocenters. The molecule has 0 heterocycles. The third kappa shape index (κ3) is 17.9. The van der Waals surface area contributed by atoms with Gasteiger partial charge in [0.2, 0.25) is 0 Å². The van der Waals surface area contributed by atoms with E-state index in [-0.39, 0.29) is 13.2 Å². The van der Waals surface area contributed by atoms with Crippen LogP contribution in [0.25, 0.3) is 0 Å². The first kappa shape index (κ1) is 11.9. The Balaban J connectivity index is 0. The number of aliphatic hydroxyl groups excluding tert-OH is 2. The third-order valence-corrected chi connectivity index (χ3v) is 1.41. The lowest BCUT2D eigenvalue weighted by Gasteiger charge is -1.90. The number of hydrogen-bond donors (Lipinski definition) is 4. The highest BCUT2D eigenvalue weighted by Gasteiger charge is 1.81. The zero-order chi connectivity index (χ0) is 7.54. The molecule has 0 aromatic heterocycles. The molecule has 0 bridgehead atoms. The van der Waals surface area contributed by atoms with Crippen LogP contribution in [0.15, 0.2) is 0 Å². The van der Waals surface area contributed by atoms with E-state index < -0.39 is 0 Å². The summed E-state index contributed by atoms with van der Waals surface area (Å²) < 4.78 is 0. The quantitative estimate of drug-likeness (QED) is 0.256. The molecule has 4 nitrogen and oxygen atoms in total. The first-order valence-corrected chi connectivity index (χ1v) is 3.56. The maximum Gasteiger partial charge on any atom is 0.0521 e. The summed E-state index contributed by atoms with van der Waals surface area (Å²) in [4.78, 5) is 0. The van der Waals surface area contributed by atoms with Crippen LogP contribution in [0.1, 0.15) is 0 Å². The molecule has 0 saturated heterocycles. The maximum absolute atomic E-state index is 8.19. The molecule has 0 amide bonds. The lowest BCUT2D eigenvalue weighted by Crippen LogP contribution is -1.91. The molecular weight excluding hydrogens is 144 g/mol. The molecule has 0 atom stereocenters. The van der Waals surface area contributed by atoms with Crippen molar-refractivity contribution >= 4 is 11.8 Å². The second kappa shape index (κ2) is 15.7. The molecule has 0 rings (SSSR count). The molecule has 4 N–H and O–H groups in total. The monoisotopic (exact) mass is 156 g/mol. The molecule has 5 heteroatoms. The summed E-state index contributed by atoms with van der Waals surface area (Å²) in [6.07, 6.45) is 0. The molecule has 0 aromatic carbocycles. The van der Waals surface area contributed by atoms with Gasteiger partial charge in [-0.15, -0.1) is 0 Å². The minimum Gasteiger partial charge on any atom is -0.396 e. The molecule has 0 fully saturated rings. The maximum atomic E-state index is 8.19. The highest BCUT2D eigenvalue weighted by molar-refractivity contribution is 7.99. The predicted molar refractivity (Wildman–Crippen MR) is 36.8 cm³/mol. The van der Waals surface area contributed by atoms with Gasteiger partial charge in [-0.25, -0.2) is 0 Å². The van der Waals surface area contributed by atoms with Gasteiger partial charge in [-0.3, -0.25) is 10.5 Å². The van der Waals surface area contributed by atoms with Crippen LogP contribution in [-0.4, -0.2) is 45.4 Å². The second-order valence-corrected chi connectivity index (χ2v) is 2.28. The van der Waals surface area contributed by atoms with Crippen molar-refractivity contribution in [3.05, 3.63) is 0 Å². The molecule has 0 aliphatic rings. The van der Waals surface area contributed by atoms with Crippen molar-refractivity contribution in [3.63, 3.8) is 0 Å². The SMILES string of the molecule is OCCSCCO.OO. The molecule has 58 valence electrons. The smallest absolute Gasteiger partial charge is 0.0521 e. The fraction of sp³-hybridized carbons (Fsp3) is 1.00. The Labute approximate surface area is 58.1 Å². The van der Waals surface area contributed by atoms with Gasteiger partial charge in [0.05, 0.1) is 13.2 Å². The first-order chi connectivity index (χ1) is 4.41. The van der Waals surface area contributed by atoms with Gasteiger partial charge in [0.1, 0.15) is 0 Å². The minimum absolute atomic E-state index is 0.213. The second-order valence-electron chi connectivity index (χ2n) is 1.06. The van der Waals surface area contributed by atoms with E-state index in [1.54, 1.807) is 11.8 Å². The van der Waals surface area contributed by atoms with E-state index in [1.807, 2.05) is 0 Å². The molecule has 0 aliphatic heterocycles. The Morgan fingerprint density at radius 3 is 1.44 bits per heavy atom. The van der Waals surface area contributed by atoms with Crippen molar-refractivity contribution in [1.29, 1.82) is 0 Å². The fourth-order valence-electron chi connectivity index (χ4n) is 0.231. The molecule has 0 spiro atoms. The number of thioether (sulfide) groups is 1. The average Bonchev–Trinajstić information content (AvgIpc) is 1.94. The van der Waals surface area contributed by atoms with Gasteiger partial charge in [0, 0.05) is 11.5 Å². The Hall–Kier alpha value is 0.190. The van der Waals surface area contributed by atoms with Gasteiger partial charge < -0.3 is 10.2 Å². The van der Waals surface area contributed by atoms with E-state index in [0.717, 1.165) is 11.5 Å². The van der Waals surface area contributed by atoms with Crippen LogP contribution in [-0.2, 0) is 0 Å². The molecule has 0 aromatic rings. The number of rotatable bonds is 4. The van der Waals surface area contributed by atoms with Crippen LogP contribution in [0.4, 0.5) is 0 Å². The van der Waals surface area contributed by atoms with Gasteiger partial charge in [-0.05, 0) is 0 Å². The van der Waals surface area contributed by atoms with Crippen molar-refractivity contribution < 1.29 is 20.7 Å². The summed E-state index contributed by atoms with van der Waals surface area (Å²) in [5.41, 5.74) is 0. The Kier molecular flexibility index (Phi) is 20.8. The van der Waals surface area contributed by atoms with E-state index in [1.165, 1.54) is 0 Å². The van der Waals surface area contributed by atoms with Gasteiger partial charge in [0.15, 0.2) is 0 Å². The zero-order valence-corrected chi connectivity index (χ0v) is 5.84. The van der Waals surface area contributed by atoms with E-state index in [2.05, 4.69) is 0 Å². The Bertz CT molecular complexity index is 31.7. The largest absolute Gasteiger partial charge is 0.396 e. The third-order valence-electron chi connectivity index (χ3n) is 0.471. The minimum atomic E-state index is 0.213. The van der Waals surface area contributed by atoms with Crippen LogP contribution >= 0.6 is 11.8 Å². The van der Waals surface area contributed by atoms with Crippen molar-refractivity contribution in [1.82, 2.24) is 0 Å². The molecule has 0 radical (unpaired) electrons. The summed E-state index contributed by atoms with van der Waals surface area (Å²) in [6, 6.07) is 0. The van der Waals surface area contributed by atoms with Gasteiger partial charge in [-0.2, -0.15) is 11.8 Å². The van der Waals surface area contributed by atoms with Crippen LogP contribution < -0.4 is 0 Å². The summed E-state index contributed by atoms with van der Waals surface area (Å²) in [7, 11) is 0. The van der Waals surface area contributed by atoms with Crippen molar-refractivity contribution in [2.24, 2.45) is 0 Å². The van der Waals surface area contributed by atoms with E-state index in [9.17, 15) is 0 Å². The summed E-state index contributed by atoms with van der Waals surface area (Å²) in [5.74, 6) is 1.47. The lowest BCUT2D eigenvalue weighted by molar-refractivity contribution is -0.176. The lowest BCUT2D eigenvalue weighted by atomic mass is 10.9. The standard InChI is InChI=1S/C4H10O2S.H2O2/c5-1-3-7-4-2-6;1-2/h5-6H,1-4H2;1-2H. The van der Waals surface area contributed by atoms with E-state index in [0.29, 0.717) is 0 Å². The Morgan fingerprint density at radius 2 is 1.22 bits per heavy atom. The van der Waals surface area contributed by atoms with Crippen LogP contribution in [0.2, 0.25) is 0 Å². The van der Waals surface area contributed by atoms with E-state index >= 15 is 0 Å². The molecule has 0 aliphatic carbocycles. The fourth-order valence-corrected chi connectivity index (χ4v) is 0.693. The molecular formula is C4H12O4S. The number of aliphatic hydroxyl groups is 2. The summed E-state index contributed by atoms with van der Waals surface area (Å²) >= 11 is 1.55. The predicted octanol–water partition coefficient (Wildman–Crippen LogP) is -0.278. The first-order valence-electron chi connectivity index (χ1n) is 2.41. The molecule has 0 saturated carbocycles. The van der Waals surface area contributed by atoms with Crippen molar-refractivity contribution in [2.75, 3.05) is 24.7 Å². The highest BCUT2D eigenvalue weighted by Crippen LogP contribution is 1.94. The van der Waals surface area contributed by atoms with Crippen molar-refractivity contribution in [2.45, 2.75) is 0 Å². The Morgan fingerprint density at radius 1 is 0.889 bits per heavy atom. The summed E-state index contributed by atoms with van der Waals surface area (Å²) in [5, 5.41) is 28.4. The van der Waals surface area contributed by atoms with Gasteiger partial charge in [-0.1, -0.05) is 0 Å². The van der Waals surface area contributed by atoms with Gasteiger partial charge >= 0.3 is 0 Å².